The maximum atomic E-state index is 5.65. The van der Waals surface area contributed by atoms with E-state index >= 15 is 0 Å². The van der Waals surface area contributed by atoms with E-state index in [-0.39, 0.29) is 4.95 Å². The first kappa shape index (κ1) is 9.75. The number of alkyl halides is 1. The zero-order chi connectivity index (χ0) is 8.97. The van der Waals surface area contributed by atoms with Gasteiger partial charge in [-0.25, -0.2) is 0 Å². The molecule has 1 aromatic carbocycles. The van der Waals surface area contributed by atoms with Crippen molar-refractivity contribution in [3.05, 3.63) is 35.4 Å². The van der Waals surface area contributed by atoms with Crippen molar-refractivity contribution in [1.29, 1.82) is 0 Å². The highest BCUT2D eigenvalue weighted by molar-refractivity contribution is 9.09. The first-order valence-corrected chi connectivity index (χ1v) is 5.14. The van der Waals surface area contributed by atoms with E-state index < -0.39 is 0 Å². The fraction of sp³-hybridized carbons (Fsp3) is 0.400. The van der Waals surface area contributed by atoms with Crippen LogP contribution < -0.4 is 5.73 Å². The fourth-order valence-corrected chi connectivity index (χ4v) is 1.46. The largest absolute Gasteiger partial charge is 0.315 e. The summed E-state index contributed by atoms with van der Waals surface area (Å²) in [6, 6.07) is 8.43. The lowest BCUT2D eigenvalue weighted by atomic mass is 10.1. The Labute approximate surface area is 82.1 Å². The van der Waals surface area contributed by atoms with Gasteiger partial charge in [-0.3, -0.25) is 0 Å². The quantitative estimate of drug-likeness (QED) is 0.624. The van der Waals surface area contributed by atoms with Gasteiger partial charge in [0.25, 0.3) is 0 Å². The summed E-state index contributed by atoms with van der Waals surface area (Å²) in [5, 5.41) is 0. The summed E-state index contributed by atoms with van der Waals surface area (Å²) in [5.41, 5.74) is 8.17. The molecule has 66 valence electrons. The minimum atomic E-state index is -0.0341. The van der Waals surface area contributed by atoms with Gasteiger partial charge in [-0.1, -0.05) is 53.5 Å². The molecule has 2 heteroatoms. The van der Waals surface area contributed by atoms with Gasteiger partial charge >= 0.3 is 0 Å². The van der Waals surface area contributed by atoms with E-state index in [9.17, 15) is 0 Å². The lowest BCUT2D eigenvalue weighted by Crippen LogP contribution is -2.00. The number of benzene rings is 1. The summed E-state index contributed by atoms with van der Waals surface area (Å²) < 4.78 is 0. The molecule has 0 aliphatic rings. The minimum Gasteiger partial charge on any atom is -0.315 e. The van der Waals surface area contributed by atoms with Crippen molar-refractivity contribution < 1.29 is 0 Å². The van der Waals surface area contributed by atoms with Gasteiger partial charge < -0.3 is 5.73 Å². The molecule has 0 spiro atoms. The second-order valence-electron chi connectivity index (χ2n) is 2.89. The molecule has 0 bridgehead atoms. The molecule has 0 radical (unpaired) electrons. The molecule has 0 aliphatic heterocycles. The highest BCUT2D eigenvalue weighted by atomic mass is 79.9. The highest BCUT2D eigenvalue weighted by Gasteiger charge is 1.99. The van der Waals surface area contributed by atoms with Crippen molar-refractivity contribution in [2.45, 2.75) is 24.7 Å². The van der Waals surface area contributed by atoms with Crippen LogP contribution in [-0.2, 0) is 6.42 Å². The molecule has 0 saturated carbocycles. The monoisotopic (exact) mass is 227 g/mol. The minimum absolute atomic E-state index is 0.0341. The van der Waals surface area contributed by atoms with Gasteiger partial charge in [-0.15, -0.1) is 0 Å². The molecular formula is C10H14BrN. The summed E-state index contributed by atoms with van der Waals surface area (Å²) in [6.07, 6.45) is 2.34. The van der Waals surface area contributed by atoms with Gasteiger partial charge in [-0.2, -0.15) is 0 Å². The molecule has 1 atom stereocenters. The van der Waals surface area contributed by atoms with Crippen LogP contribution in [0.5, 0.6) is 0 Å². The number of halogens is 1. The van der Waals surface area contributed by atoms with Crippen molar-refractivity contribution in [2.75, 3.05) is 0 Å². The zero-order valence-corrected chi connectivity index (χ0v) is 8.84. The highest BCUT2D eigenvalue weighted by Crippen LogP contribution is 2.17. The molecular weight excluding hydrogens is 214 g/mol. The number of hydrogen-bond acceptors (Lipinski definition) is 1. The molecule has 0 aliphatic carbocycles. The molecule has 0 heterocycles. The van der Waals surface area contributed by atoms with Crippen LogP contribution in [0.1, 0.15) is 29.4 Å². The lowest BCUT2D eigenvalue weighted by Gasteiger charge is -2.04. The number of aryl methyl sites for hydroxylation is 1. The molecule has 0 amide bonds. The molecule has 0 saturated heterocycles. The smallest absolute Gasteiger partial charge is 0.0861 e. The van der Waals surface area contributed by atoms with Crippen LogP contribution in [0.3, 0.4) is 0 Å². The first-order chi connectivity index (χ1) is 5.74. The van der Waals surface area contributed by atoms with Gasteiger partial charge in [0, 0.05) is 0 Å². The second-order valence-corrected chi connectivity index (χ2v) is 3.88. The molecule has 2 N–H and O–H groups in total. The molecule has 1 aromatic rings. The van der Waals surface area contributed by atoms with Gasteiger partial charge in [0.1, 0.15) is 0 Å². The van der Waals surface area contributed by atoms with E-state index in [0.717, 1.165) is 12.0 Å². The second kappa shape index (κ2) is 4.63. The summed E-state index contributed by atoms with van der Waals surface area (Å²) in [7, 11) is 0. The number of rotatable bonds is 3. The first-order valence-electron chi connectivity index (χ1n) is 4.22. The summed E-state index contributed by atoms with van der Waals surface area (Å²) in [5.74, 6) is 0. The predicted octanol–water partition coefficient (Wildman–Crippen LogP) is 2.99. The standard InChI is InChI=1S/C10H14BrN/c1-2-3-8-4-6-9(7-5-8)10(11)12/h4-7,10H,2-3,12H2,1H3. The predicted molar refractivity (Wildman–Crippen MR) is 56.3 cm³/mol. The topological polar surface area (TPSA) is 26.0 Å². The third-order valence-electron chi connectivity index (χ3n) is 1.84. The van der Waals surface area contributed by atoms with E-state index in [1.54, 1.807) is 0 Å². The van der Waals surface area contributed by atoms with Gasteiger partial charge in [-0.05, 0) is 17.5 Å². The number of hydrogen-bond donors (Lipinski definition) is 1. The van der Waals surface area contributed by atoms with Gasteiger partial charge in [0.2, 0.25) is 0 Å². The summed E-state index contributed by atoms with van der Waals surface area (Å²) in [4.78, 5) is -0.0341. The Bertz CT molecular complexity index is 228. The molecule has 1 rings (SSSR count). The van der Waals surface area contributed by atoms with Crippen molar-refractivity contribution in [3.63, 3.8) is 0 Å². The van der Waals surface area contributed by atoms with Crippen molar-refractivity contribution >= 4 is 15.9 Å². The fourth-order valence-electron chi connectivity index (χ4n) is 1.16. The SMILES string of the molecule is CCCc1ccc(C(N)Br)cc1. The van der Waals surface area contributed by atoms with Gasteiger partial charge in [0.15, 0.2) is 0 Å². The van der Waals surface area contributed by atoms with Crippen LogP contribution in [0.2, 0.25) is 0 Å². The van der Waals surface area contributed by atoms with E-state index in [0.29, 0.717) is 0 Å². The average Bonchev–Trinajstić information content (AvgIpc) is 2.06. The molecule has 12 heavy (non-hydrogen) atoms. The van der Waals surface area contributed by atoms with Crippen LogP contribution in [-0.4, -0.2) is 0 Å². The van der Waals surface area contributed by atoms with E-state index in [1.165, 1.54) is 12.0 Å². The van der Waals surface area contributed by atoms with Gasteiger partial charge in [0.05, 0.1) is 4.95 Å². The third-order valence-corrected chi connectivity index (χ3v) is 2.37. The van der Waals surface area contributed by atoms with Crippen LogP contribution in [0.15, 0.2) is 24.3 Å². The Morgan fingerprint density at radius 1 is 1.33 bits per heavy atom. The summed E-state index contributed by atoms with van der Waals surface area (Å²) in [6.45, 7) is 2.18. The molecule has 1 unspecified atom stereocenters. The Morgan fingerprint density at radius 2 is 1.92 bits per heavy atom. The molecule has 0 fully saturated rings. The van der Waals surface area contributed by atoms with Crippen molar-refractivity contribution in [1.82, 2.24) is 0 Å². The van der Waals surface area contributed by atoms with Crippen LogP contribution in [0, 0.1) is 0 Å². The Hall–Kier alpha value is -0.340. The average molecular weight is 228 g/mol. The molecule has 0 aromatic heterocycles. The number of nitrogens with two attached hydrogens (primary N) is 1. The van der Waals surface area contributed by atoms with E-state index in [4.69, 9.17) is 5.73 Å². The third kappa shape index (κ3) is 2.61. The Kier molecular flexibility index (Phi) is 3.76. The maximum Gasteiger partial charge on any atom is 0.0861 e. The normalized spacial score (nSPS) is 12.9. The molecule has 1 nitrogen and oxygen atoms in total. The van der Waals surface area contributed by atoms with E-state index in [1.807, 2.05) is 0 Å². The van der Waals surface area contributed by atoms with Crippen LogP contribution >= 0.6 is 15.9 Å². The zero-order valence-electron chi connectivity index (χ0n) is 7.26. The van der Waals surface area contributed by atoms with E-state index in [2.05, 4.69) is 47.1 Å². The van der Waals surface area contributed by atoms with Crippen LogP contribution in [0.4, 0.5) is 0 Å². The lowest BCUT2D eigenvalue weighted by molar-refractivity contribution is 0.919. The van der Waals surface area contributed by atoms with Crippen LogP contribution in [0.25, 0.3) is 0 Å². The Morgan fingerprint density at radius 3 is 2.33 bits per heavy atom. The Balaban J connectivity index is 2.71. The summed E-state index contributed by atoms with van der Waals surface area (Å²) >= 11 is 3.32. The van der Waals surface area contributed by atoms with Crippen molar-refractivity contribution in [3.8, 4) is 0 Å². The maximum absolute atomic E-state index is 5.65. The van der Waals surface area contributed by atoms with Crippen molar-refractivity contribution in [2.24, 2.45) is 5.73 Å².